The van der Waals surface area contributed by atoms with Gasteiger partial charge in [0.15, 0.2) is 0 Å². The number of nitrogens with zero attached hydrogens (tertiary/aromatic N) is 1. The van der Waals surface area contributed by atoms with E-state index in [2.05, 4.69) is 15.6 Å². The molecule has 3 N–H and O–H groups in total. The Morgan fingerprint density at radius 3 is 2.71 bits per heavy atom. The molecule has 2 amide bonds. The molecule has 7 heteroatoms. The van der Waals surface area contributed by atoms with Crippen LogP contribution in [0.3, 0.4) is 0 Å². The Hall–Kier alpha value is -2.15. The molecule has 7 nitrogen and oxygen atoms in total. The number of urea groups is 1. The van der Waals surface area contributed by atoms with Crippen molar-refractivity contribution in [1.82, 2.24) is 10.3 Å². The van der Waals surface area contributed by atoms with E-state index < -0.39 is 5.97 Å². The van der Waals surface area contributed by atoms with E-state index in [0.29, 0.717) is 24.9 Å². The zero-order valence-electron chi connectivity index (χ0n) is 11.7. The van der Waals surface area contributed by atoms with Crippen molar-refractivity contribution in [2.45, 2.75) is 31.8 Å². The van der Waals surface area contributed by atoms with Crippen molar-refractivity contribution < 1.29 is 19.4 Å². The number of anilines is 1. The third-order valence-corrected chi connectivity index (χ3v) is 3.28. The van der Waals surface area contributed by atoms with E-state index in [4.69, 9.17) is 9.84 Å². The number of carboxylic acids is 1. The highest BCUT2D eigenvalue weighted by molar-refractivity contribution is 5.90. The predicted molar refractivity (Wildman–Crippen MR) is 76.4 cm³/mol. The molecule has 2 rings (SSSR count). The van der Waals surface area contributed by atoms with Crippen molar-refractivity contribution in [3.05, 3.63) is 24.0 Å². The van der Waals surface area contributed by atoms with Gasteiger partial charge in [0.05, 0.1) is 24.6 Å². The number of ether oxygens (including phenoxy) is 1. The van der Waals surface area contributed by atoms with Crippen molar-refractivity contribution in [3.63, 3.8) is 0 Å². The van der Waals surface area contributed by atoms with Crippen LogP contribution in [0.25, 0.3) is 0 Å². The maximum Gasteiger partial charge on any atom is 0.354 e. The van der Waals surface area contributed by atoms with E-state index in [1.165, 1.54) is 31.2 Å². The molecule has 1 heterocycles. The predicted octanol–water partition coefficient (Wildman–Crippen LogP) is 1.86. The largest absolute Gasteiger partial charge is 0.477 e. The Labute approximate surface area is 122 Å². The first-order valence-corrected chi connectivity index (χ1v) is 7.01. The fraction of sp³-hybridized carbons (Fsp3) is 0.500. The number of nitrogens with one attached hydrogen (secondary N) is 2. The van der Waals surface area contributed by atoms with Crippen molar-refractivity contribution in [1.29, 1.82) is 0 Å². The normalized spacial score (nSPS) is 14.9. The first-order valence-electron chi connectivity index (χ1n) is 7.01. The van der Waals surface area contributed by atoms with Crippen LogP contribution in [0, 0.1) is 0 Å². The van der Waals surface area contributed by atoms with Gasteiger partial charge in [-0.25, -0.2) is 14.6 Å². The molecule has 0 atom stereocenters. The summed E-state index contributed by atoms with van der Waals surface area (Å²) in [4.78, 5) is 26.0. The molecule has 1 aromatic rings. The molecule has 1 fully saturated rings. The third kappa shape index (κ3) is 5.03. The Bertz CT molecular complexity index is 483. The van der Waals surface area contributed by atoms with E-state index in [-0.39, 0.29) is 11.7 Å². The SMILES string of the molecule is O=C(NCCOC1CCCC1)Nc1ccc(C(=O)O)nc1. The molecule has 0 aromatic carbocycles. The standard InChI is InChI=1S/C14H19N3O4/c18-13(19)12-6-5-10(9-16-12)17-14(20)15-7-8-21-11-3-1-2-4-11/h5-6,9,11H,1-4,7-8H2,(H,18,19)(H2,15,17,20). The smallest absolute Gasteiger partial charge is 0.354 e. The number of carbonyl (C=O) groups is 2. The van der Waals surface area contributed by atoms with Gasteiger partial charge in [0.25, 0.3) is 0 Å². The van der Waals surface area contributed by atoms with Gasteiger partial charge in [-0.2, -0.15) is 0 Å². The molecule has 0 saturated heterocycles. The fourth-order valence-electron chi connectivity index (χ4n) is 2.21. The summed E-state index contributed by atoms with van der Waals surface area (Å²) in [6.45, 7) is 0.928. The number of aromatic nitrogens is 1. The molecule has 1 saturated carbocycles. The monoisotopic (exact) mass is 293 g/mol. The second kappa shape index (κ2) is 7.58. The average molecular weight is 293 g/mol. The lowest BCUT2D eigenvalue weighted by atomic mass is 10.3. The molecule has 21 heavy (non-hydrogen) atoms. The molecule has 0 bridgehead atoms. The number of pyridine rings is 1. The van der Waals surface area contributed by atoms with Crippen LogP contribution < -0.4 is 10.6 Å². The lowest BCUT2D eigenvalue weighted by molar-refractivity contribution is 0.0615. The molecule has 1 aliphatic rings. The highest BCUT2D eigenvalue weighted by Crippen LogP contribution is 2.20. The molecular weight excluding hydrogens is 274 g/mol. The first-order chi connectivity index (χ1) is 10.1. The summed E-state index contributed by atoms with van der Waals surface area (Å²) in [6, 6.07) is 2.46. The van der Waals surface area contributed by atoms with Crippen LogP contribution in [0.4, 0.5) is 10.5 Å². The van der Waals surface area contributed by atoms with Crippen molar-refractivity contribution >= 4 is 17.7 Å². The quantitative estimate of drug-likeness (QED) is 0.695. The van der Waals surface area contributed by atoms with Crippen LogP contribution in [-0.2, 0) is 4.74 Å². The van der Waals surface area contributed by atoms with E-state index in [1.54, 1.807) is 0 Å². The number of aromatic carboxylic acids is 1. The number of carbonyl (C=O) groups excluding carboxylic acids is 1. The number of hydrogen-bond donors (Lipinski definition) is 3. The lowest BCUT2D eigenvalue weighted by Crippen LogP contribution is -2.32. The number of hydrogen-bond acceptors (Lipinski definition) is 4. The molecule has 0 radical (unpaired) electrons. The van der Waals surface area contributed by atoms with E-state index in [1.807, 2.05) is 0 Å². The van der Waals surface area contributed by atoms with E-state index >= 15 is 0 Å². The summed E-state index contributed by atoms with van der Waals surface area (Å²) >= 11 is 0. The number of rotatable bonds is 6. The topological polar surface area (TPSA) is 101 Å². The van der Waals surface area contributed by atoms with Crippen LogP contribution in [0.5, 0.6) is 0 Å². The van der Waals surface area contributed by atoms with Gasteiger partial charge in [-0.3, -0.25) is 0 Å². The Balaban J connectivity index is 1.65. The van der Waals surface area contributed by atoms with Crippen LogP contribution >= 0.6 is 0 Å². The van der Waals surface area contributed by atoms with E-state index in [9.17, 15) is 9.59 Å². The molecule has 1 aliphatic carbocycles. The summed E-state index contributed by atoms with van der Waals surface area (Å²) in [7, 11) is 0. The van der Waals surface area contributed by atoms with Gasteiger partial charge in [-0.05, 0) is 25.0 Å². The molecule has 114 valence electrons. The van der Waals surface area contributed by atoms with Gasteiger partial charge in [-0.1, -0.05) is 12.8 Å². The lowest BCUT2D eigenvalue weighted by Gasteiger charge is -2.12. The summed E-state index contributed by atoms with van der Waals surface area (Å²) in [6.07, 6.45) is 6.29. The van der Waals surface area contributed by atoms with Gasteiger partial charge in [0, 0.05) is 6.54 Å². The molecular formula is C14H19N3O4. The molecule has 0 spiro atoms. The zero-order chi connectivity index (χ0) is 15.1. The van der Waals surface area contributed by atoms with Gasteiger partial charge < -0.3 is 20.5 Å². The maximum absolute atomic E-state index is 11.6. The summed E-state index contributed by atoms with van der Waals surface area (Å²) in [5, 5.41) is 14.0. The molecule has 1 aromatic heterocycles. The second-order valence-corrected chi connectivity index (χ2v) is 4.90. The highest BCUT2D eigenvalue weighted by atomic mass is 16.5. The minimum atomic E-state index is -1.10. The summed E-state index contributed by atoms with van der Waals surface area (Å²) in [5.74, 6) is -1.10. The van der Waals surface area contributed by atoms with E-state index in [0.717, 1.165) is 12.8 Å². The highest BCUT2D eigenvalue weighted by Gasteiger charge is 2.14. The van der Waals surface area contributed by atoms with Crippen LogP contribution in [0.15, 0.2) is 18.3 Å². The maximum atomic E-state index is 11.6. The molecule has 0 aliphatic heterocycles. The van der Waals surface area contributed by atoms with Crippen LogP contribution in [-0.4, -0.2) is 41.3 Å². The number of amides is 2. The fourth-order valence-corrected chi connectivity index (χ4v) is 2.21. The minimum absolute atomic E-state index is 0.0640. The van der Waals surface area contributed by atoms with Gasteiger partial charge >= 0.3 is 12.0 Å². The Kier molecular flexibility index (Phi) is 5.51. The zero-order valence-corrected chi connectivity index (χ0v) is 11.7. The minimum Gasteiger partial charge on any atom is -0.477 e. The first kappa shape index (κ1) is 15.2. The Morgan fingerprint density at radius 1 is 1.33 bits per heavy atom. The molecule has 0 unspecified atom stereocenters. The third-order valence-electron chi connectivity index (χ3n) is 3.28. The summed E-state index contributed by atoms with van der Waals surface area (Å²) < 4.78 is 5.63. The Morgan fingerprint density at radius 2 is 2.10 bits per heavy atom. The van der Waals surface area contributed by atoms with Crippen LogP contribution in [0.2, 0.25) is 0 Å². The number of carboxylic acid groups (broad SMARTS) is 1. The average Bonchev–Trinajstić information content (AvgIpc) is 2.97. The summed E-state index contributed by atoms with van der Waals surface area (Å²) in [5.41, 5.74) is 0.375. The second-order valence-electron chi connectivity index (χ2n) is 4.90. The van der Waals surface area contributed by atoms with Gasteiger partial charge in [0.1, 0.15) is 5.69 Å². The van der Waals surface area contributed by atoms with Gasteiger partial charge in [0.2, 0.25) is 0 Å². The van der Waals surface area contributed by atoms with Crippen molar-refractivity contribution in [3.8, 4) is 0 Å². The van der Waals surface area contributed by atoms with Crippen LogP contribution in [0.1, 0.15) is 36.2 Å². The van der Waals surface area contributed by atoms with Gasteiger partial charge in [-0.15, -0.1) is 0 Å². The van der Waals surface area contributed by atoms with Crippen molar-refractivity contribution in [2.24, 2.45) is 0 Å². The van der Waals surface area contributed by atoms with Crippen molar-refractivity contribution in [2.75, 3.05) is 18.5 Å².